The minimum atomic E-state index is -0.273. The van der Waals surface area contributed by atoms with Crippen LogP contribution in [0.15, 0.2) is 0 Å². The van der Waals surface area contributed by atoms with Crippen molar-refractivity contribution in [2.75, 3.05) is 26.2 Å². The number of rotatable bonds is 4. The number of carbonyl (C=O) groups is 1. The summed E-state index contributed by atoms with van der Waals surface area (Å²) in [5.74, 6) is 1.20. The fraction of sp³-hybridized carbons (Fsp3) is 0.917. The van der Waals surface area contributed by atoms with E-state index >= 15 is 0 Å². The fourth-order valence-electron chi connectivity index (χ4n) is 2.10. The van der Waals surface area contributed by atoms with Crippen LogP contribution in [0.25, 0.3) is 0 Å². The molecule has 4 nitrogen and oxygen atoms in total. The second kappa shape index (κ2) is 5.15. The van der Waals surface area contributed by atoms with Crippen LogP contribution in [0, 0.1) is 11.8 Å². The van der Waals surface area contributed by atoms with Gasteiger partial charge in [0.15, 0.2) is 0 Å². The van der Waals surface area contributed by atoms with Gasteiger partial charge in [-0.3, -0.25) is 9.69 Å². The van der Waals surface area contributed by atoms with Gasteiger partial charge in [0, 0.05) is 13.1 Å². The first-order valence-electron chi connectivity index (χ1n) is 6.32. The van der Waals surface area contributed by atoms with E-state index < -0.39 is 0 Å². The van der Waals surface area contributed by atoms with Gasteiger partial charge in [0.1, 0.15) is 0 Å². The van der Waals surface area contributed by atoms with E-state index in [0.717, 1.165) is 25.4 Å². The van der Waals surface area contributed by atoms with Gasteiger partial charge in [-0.1, -0.05) is 6.92 Å². The van der Waals surface area contributed by atoms with Crippen molar-refractivity contribution in [2.24, 2.45) is 11.8 Å². The number of β-amino-alcohol motifs (C(OH)–C–C–N with tert-alkyl or cyclic N) is 1. The Hall–Kier alpha value is -0.610. The predicted molar refractivity (Wildman–Crippen MR) is 62.0 cm³/mol. The van der Waals surface area contributed by atoms with Gasteiger partial charge in [-0.15, -0.1) is 0 Å². The van der Waals surface area contributed by atoms with E-state index in [2.05, 4.69) is 12.2 Å². The fourth-order valence-corrected chi connectivity index (χ4v) is 2.10. The summed E-state index contributed by atoms with van der Waals surface area (Å²) in [5.41, 5.74) is 0. The molecule has 1 aliphatic heterocycles. The highest BCUT2D eigenvalue weighted by molar-refractivity contribution is 5.78. The molecule has 2 fully saturated rings. The minimum absolute atomic E-state index is 0.105. The Bertz CT molecular complexity index is 253. The average molecular weight is 226 g/mol. The van der Waals surface area contributed by atoms with Gasteiger partial charge in [-0.2, -0.15) is 0 Å². The molecule has 1 amide bonds. The third kappa shape index (κ3) is 3.46. The van der Waals surface area contributed by atoms with Crippen LogP contribution in [-0.4, -0.2) is 48.2 Å². The van der Waals surface area contributed by atoms with E-state index in [1.165, 1.54) is 12.8 Å². The molecule has 0 aromatic heterocycles. The first kappa shape index (κ1) is 11.9. The van der Waals surface area contributed by atoms with Gasteiger partial charge in [0.2, 0.25) is 5.91 Å². The monoisotopic (exact) mass is 226 g/mol. The summed E-state index contributed by atoms with van der Waals surface area (Å²) in [6.07, 6.45) is 3.24. The quantitative estimate of drug-likeness (QED) is 0.721. The highest BCUT2D eigenvalue weighted by atomic mass is 16.3. The number of hydrogen-bond acceptors (Lipinski definition) is 3. The zero-order chi connectivity index (χ0) is 11.5. The number of carbonyl (C=O) groups excluding carboxylic acids is 1. The normalized spacial score (nSPS) is 31.4. The third-order valence-electron chi connectivity index (χ3n) is 3.65. The molecule has 1 saturated heterocycles. The minimum Gasteiger partial charge on any atom is -0.392 e. The molecule has 2 aliphatic rings. The molecular weight excluding hydrogens is 204 g/mol. The number of aliphatic hydroxyl groups excluding tert-OH is 1. The topological polar surface area (TPSA) is 52.6 Å². The second-order valence-corrected chi connectivity index (χ2v) is 5.32. The largest absolute Gasteiger partial charge is 0.392 e. The van der Waals surface area contributed by atoms with Crippen LogP contribution in [0.1, 0.15) is 26.2 Å². The molecule has 92 valence electrons. The van der Waals surface area contributed by atoms with Gasteiger partial charge in [0.05, 0.1) is 12.6 Å². The van der Waals surface area contributed by atoms with E-state index in [1.54, 1.807) is 0 Å². The van der Waals surface area contributed by atoms with E-state index in [1.807, 2.05) is 4.90 Å². The Labute approximate surface area is 97.0 Å². The lowest BCUT2D eigenvalue weighted by Crippen LogP contribution is -2.47. The smallest absolute Gasteiger partial charge is 0.234 e. The summed E-state index contributed by atoms with van der Waals surface area (Å²) >= 11 is 0. The zero-order valence-corrected chi connectivity index (χ0v) is 9.98. The van der Waals surface area contributed by atoms with Gasteiger partial charge in [-0.05, 0) is 37.6 Å². The van der Waals surface area contributed by atoms with Crippen LogP contribution in [0.5, 0.6) is 0 Å². The molecule has 1 heterocycles. The Morgan fingerprint density at radius 2 is 2.19 bits per heavy atom. The molecule has 0 aromatic carbocycles. The van der Waals surface area contributed by atoms with Crippen LogP contribution in [0.2, 0.25) is 0 Å². The van der Waals surface area contributed by atoms with Crippen molar-refractivity contribution in [1.82, 2.24) is 10.2 Å². The molecule has 0 aromatic rings. The summed E-state index contributed by atoms with van der Waals surface area (Å²) in [5, 5.41) is 12.7. The van der Waals surface area contributed by atoms with Crippen molar-refractivity contribution < 1.29 is 9.90 Å². The second-order valence-electron chi connectivity index (χ2n) is 5.32. The van der Waals surface area contributed by atoms with Crippen molar-refractivity contribution >= 4 is 5.91 Å². The molecule has 2 N–H and O–H groups in total. The third-order valence-corrected chi connectivity index (χ3v) is 3.65. The first-order valence-corrected chi connectivity index (χ1v) is 6.32. The average Bonchev–Trinajstić information content (AvgIpc) is 3.04. The van der Waals surface area contributed by atoms with Crippen LogP contribution >= 0.6 is 0 Å². The molecule has 2 rings (SSSR count). The Kier molecular flexibility index (Phi) is 3.82. The number of hydrogen-bond donors (Lipinski definition) is 2. The van der Waals surface area contributed by atoms with Crippen molar-refractivity contribution in [1.29, 1.82) is 0 Å². The lowest BCUT2D eigenvalue weighted by Gasteiger charge is -2.33. The van der Waals surface area contributed by atoms with E-state index in [4.69, 9.17) is 0 Å². The number of nitrogens with zero attached hydrogens (tertiary/aromatic N) is 1. The number of piperidine rings is 1. The summed E-state index contributed by atoms with van der Waals surface area (Å²) < 4.78 is 0. The standard InChI is InChI=1S/C12H22N2O2/c1-9-4-5-14(7-11(9)15)8-12(16)13-6-10-2-3-10/h9-11,15H,2-8H2,1H3,(H,13,16). The molecule has 0 radical (unpaired) electrons. The maximum absolute atomic E-state index is 11.6. The van der Waals surface area contributed by atoms with E-state index in [-0.39, 0.29) is 12.0 Å². The van der Waals surface area contributed by atoms with Crippen molar-refractivity contribution in [3.05, 3.63) is 0 Å². The molecule has 16 heavy (non-hydrogen) atoms. The van der Waals surface area contributed by atoms with Crippen LogP contribution in [0.4, 0.5) is 0 Å². The lowest BCUT2D eigenvalue weighted by molar-refractivity contribution is -0.123. The molecule has 1 aliphatic carbocycles. The Balaban J connectivity index is 1.65. The first-order chi connectivity index (χ1) is 7.65. The summed E-state index contributed by atoms with van der Waals surface area (Å²) in [4.78, 5) is 13.6. The van der Waals surface area contributed by atoms with Crippen molar-refractivity contribution in [2.45, 2.75) is 32.3 Å². The molecule has 0 spiro atoms. The molecule has 0 bridgehead atoms. The molecule has 1 saturated carbocycles. The predicted octanol–water partition coefficient (Wildman–Crippen LogP) is 0.215. The maximum atomic E-state index is 11.6. The highest BCUT2D eigenvalue weighted by Crippen LogP contribution is 2.27. The number of likely N-dealkylation sites (tertiary alicyclic amines) is 1. The Morgan fingerprint density at radius 3 is 2.81 bits per heavy atom. The van der Waals surface area contributed by atoms with E-state index in [9.17, 15) is 9.90 Å². The summed E-state index contributed by atoms with van der Waals surface area (Å²) in [6, 6.07) is 0. The lowest BCUT2D eigenvalue weighted by atomic mass is 9.96. The van der Waals surface area contributed by atoms with Crippen LogP contribution in [-0.2, 0) is 4.79 Å². The van der Waals surface area contributed by atoms with Gasteiger partial charge < -0.3 is 10.4 Å². The molecule has 2 atom stereocenters. The summed E-state index contributed by atoms with van der Waals surface area (Å²) in [7, 11) is 0. The number of aliphatic hydroxyl groups is 1. The molecule has 4 heteroatoms. The van der Waals surface area contributed by atoms with E-state index in [0.29, 0.717) is 19.0 Å². The maximum Gasteiger partial charge on any atom is 0.234 e. The van der Waals surface area contributed by atoms with Gasteiger partial charge >= 0.3 is 0 Å². The molecule has 2 unspecified atom stereocenters. The highest BCUT2D eigenvalue weighted by Gasteiger charge is 2.26. The summed E-state index contributed by atoms with van der Waals surface area (Å²) in [6.45, 7) is 4.91. The van der Waals surface area contributed by atoms with Gasteiger partial charge in [-0.25, -0.2) is 0 Å². The number of amides is 1. The number of nitrogens with one attached hydrogen (secondary N) is 1. The van der Waals surface area contributed by atoms with Crippen LogP contribution in [0.3, 0.4) is 0 Å². The Morgan fingerprint density at radius 1 is 1.44 bits per heavy atom. The van der Waals surface area contributed by atoms with Crippen molar-refractivity contribution in [3.8, 4) is 0 Å². The molecular formula is C12H22N2O2. The van der Waals surface area contributed by atoms with Crippen LogP contribution < -0.4 is 5.32 Å². The van der Waals surface area contributed by atoms with Crippen molar-refractivity contribution in [3.63, 3.8) is 0 Å². The van der Waals surface area contributed by atoms with Gasteiger partial charge in [0.25, 0.3) is 0 Å². The zero-order valence-electron chi connectivity index (χ0n) is 9.98. The SMILES string of the molecule is CC1CCN(CC(=O)NCC2CC2)CC1O.